The molecule has 8 nitrogen and oxygen atoms in total. The fourth-order valence-corrected chi connectivity index (χ4v) is 2.40. The monoisotopic (exact) mass is 365 g/mol. The van der Waals surface area contributed by atoms with Gasteiger partial charge in [-0.25, -0.2) is 0 Å². The highest BCUT2D eigenvalue weighted by molar-refractivity contribution is 5.94. The van der Waals surface area contributed by atoms with Crippen LogP contribution in [-0.4, -0.2) is 35.2 Å². The zero-order chi connectivity index (χ0) is 19.2. The van der Waals surface area contributed by atoms with Crippen molar-refractivity contribution in [1.82, 2.24) is 15.2 Å². The summed E-state index contributed by atoms with van der Waals surface area (Å²) in [6, 6.07) is 12.5. The van der Waals surface area contributed by atoms with Gasteiger partial charge >= 0.3 is 0 Å². The Bertz CT molecular complexity index is 944. The molecule has 0 fully saturated rings. The van der Waals surface area contributed by atoms with Gasteiger partial charge in [0.1, 0.15) is 0 Å². The first-order valence-electron chi connectivity index (χ1n) is 8.16. The molecule has 0 bridgehead atoms. The molecule has 138 valence electrons. The molecule has 0 aliphatic carbocycles. The topological polar surface area (TPSA) is 98.3 Å². The van der Waals surface area contributed by atoms with E-state index in [1.165, 1.54) is 13.1 Å². The number of benzene rings is 2. The Morgan fingerprint density at radius 1 is 0.926 bits per heavy atom. The molecule has 0 saturated heterocycles. The summed E-state index contributed by atoms with van der Waals surface area (Å²) in [6.45, 7) is 1.53. The van der Waals surface area contributed by atoms with Crippen LogP contribution < -0.4 is 20.1 Å². The van der Waals surface area contributed by atoms with Crippen molar-refractivity contribution in [2.45, 2.75) is 6.92 Å². The van der Waals surface area contributed by atoms with E-state index in [1.54, 1.807) is 50.6 Å². The molecule has 0 aliphatic rings. The van der Waals surface area contributed by atoms with E-state index in [0.717, 1.165) is 11.4 Å². The van der Waals surface area contributed by atoms with Gasteiger partial charge in [-0.2, -0.15) is 10.1 Å². The molecule has 0 amide bonds. The molecular weight excluding hydrogens is 346 g/mol. The van der Waals surface area contributed by atoms with Gasteiger partial charge in [0.15, 0.2) is 23.1 Å². The molecule has 1 heterocycles. The number of anilines is 4. The van der Waals surface area contributed by atoms with Crippen molar-refractivity contribution in [3.63, 3.8) is 0 Å². The number of carbonyl (C=O) groups is 1. The van der Waals surface area contributed by atoms with Gasteiger partial charge in [-0.3, -0.25) is 4.79 Å². The summed E-state index contributed by atoms with van der Waals surface area (Å²) in [5.41, 5.74) is 2.17. The smallest absolute Gasteiger partial charge is 0.249 e. The van der Waals surface area contributed by atoms with E-state index < -0.39 is 0 Å². The number of hydrogen-bond donors (Lipinski definition) is 2. The highest BCUT2D eigenvalue weighted by Crippen LogP contribution is 2.30. The second-order valence-corrected chi connectivity index (χ2v) is 5.62. The van der Waals surface area contributed by atoms with E-state index in [0.29, 0.717) is 28.8 Å². The van der Waals surface area contributed by atoms with Crippen LogP contribution in [0.5, 0.6) is 11.5 Å². The van der Waals surface area contributed by atoms with Crippen LogP contribution in [0.3, 0.4) is 0 Å². The van der Waals surface area contributed by atoms with Crippen molar-refractivity contribution in [2.75, 3.05) is 24.9 Å². The summed E-state index contributed by atoms with van der Waals surface area (Å²) in [4.78, 5) is 15.7. The molecule has 0 unspecified atom stereocenters. The summed E-state index contributed by atoms with van der Waals surface area (Å²) >= 11 is 0. The Morgan fingerprint density at radius 3 is 2.30 bits per heavy atom. The Labute approximate surface area is 156 Å². The minimum atomic E-state index is 0.0201. The fraction of sp³-hybridized carbons (Fsp3) is 0.158. The molecule has 0 atom stereocenters. The Balaban J connectivity index is 1.74. The first-order chi connectivity index (χ1) is 13.1. The lowest BCUT2D eigenvalue weighted by atomic mass is 10.1. The van der Waals surface area contributed by atoms with E-state index in [2.05, 4.69) is 25.8 Å². The number of ether oxygens (including phenoxy) is 2. The minimum Gasteiger partial charge on any atom is -0.493 e. The number of nitrogens with one attached hydrogen (secondary N) is 2. The maximum Gasteiger partial charge on any atom is 0.249 e. The molecule has 3 rings (SSSR count). The van der Waals surface area contributed by atoms with E-state index in [1.807, 2.05) is 6.07 Å². The third kappa shape index (κ3) is 4.49. The van der Waals surface area contributed by atoms with E-state index in [4.69, 9.17) is 9.47 Å². The van der Waals surface area contributed by atoms with Crippen LogP contribution in [0.25, 0.3) is 0 Å². The number of Topliss-reactive ketones (excluding diaryl/α,β-unsaturated/α-hetero) is 1. The van der Waals surface area contributed by atoms with Gasteiger partial charge in [-0.05, 0) is 43.3 Å². The maximum atomic E-state index is 11.3. The van der Waals surface area contributed by atoms with Crippen LogP contribution in [0, 0.1) is 0 Å². The lowest BCUT2D eigenvalue weighted by Crippen LogP contribution is -2.03. The normalized spacial score (nSPS) is 10.2. The highest BCUT2D eigenvalue weighted by Gasteiger charge is 2.07. The van der Waals surface area contributed by atoms with Crippen LogP contribution in [0.2, 0.25) is 0 Å². The molecule has 0 saturated carbocycles. The molecule has 2 aromatic carbocycles. The summed E-state index contributed by atoms with van der Waals surface area (Å²) in [5.74, 6) is 2.09. The number of nitrogens with zero attached hydrogens (tertiary/aromatic N) is 3. The molecule has 3 aromatic rings. The largest absolute Gasteiger partial charge is 0.493 e. The molecule has 8 heteroatoms. The minimum absolute atomic E-state index is 0.0201. The predicted molar refractivity (Wildman–Crippen MR) is 102 cm³/mol. The predicted octanol–water partition coefficient (Wildman–Crippen LogP) is 3.58. The number of rotatable bonds is 7. The van der Waals surface area contributed by atoms with Crippen molar-refractivity contribution < 1.29 is 14.3 Å². The van der Waals surface area contributed by atoms with Gasteiger partial charge in [0, 0.05) is 23.0 Å². The molecule has 1 aromatic heterocycles. The molecule has 0 aliphatic heterocycles. The molecule has 27 heavy (non-hydrogen) atoms. The lowest BCUT2D eigenvalue weighted by Gasteiger charge is -2.11. The van der Waals surface area contributed by atoms with E-state index in [-0.39, 0.29) is 5.78 Å². The molecule has 2 N–H and O–H groups in total. The zero-order valence-corrected chi connectivity index (χ0v) is 15.2. The third-order valence-electron chi connectivity index (χ3n) is 3.76. The Kier molecular flexibility index (Phi) is 5.46. The zero-order valence-electron chi connectivity index (χ0n) is 15.2. The van der Waals surface area contributed by atoms with Crippen molar-refractivity contribution in [1.29, 1.82) is 0 Å². The van der Waals surface area contributed by atoms with Gasteiger partial charge in [0.05, 0.1) is 20.4 Å². The lowest BCUT2D eigenvalue weighted by molar-refractivity contribution is 0.101. The van der Waals surface area contributed by atoms with Crippen molar-refractivity contribution >= 4 is 28.9 Å². The van der Waals surface area contributed by atoms with Crippen LogP contribution in [0.1, 0.15) is 17.3 Å². The van der Waals surface area contributed by atoms with Gasteiger partial charge < -0.3 is 20.1 Å². The van der Waals surface area contributed by atoms with Gasteiger partial charge in [-0.15, -0.1) is 5.10 Å². The number of aromatic nitrogens is 3. The van der Waals surface area contributed by atoms with Crippen molar-refractivity contribution in [3.8, 4) is 11.5 Å². The number of carbonyl (C=O) groups excluding carboxylic acids is 1. The first kappa shape index (κ1) is 18.1. The average molecular weight is 365 g/mol. The number of hydrogen-bond acceptors (Lipinski definition) is 8. The van der Waals surface area contributed by atoms with E-state index in [9.17, 15) is 4.79 Å². The van der Waals surface area contributed by atoms with Crippen LogP contribution in [0.4, 0.5) is 23.1 Å². The van der Waals surface area contributed by atoms with Gasteiger partial charge in [-0.1, -0.05) is 0 Å². The molecule has 0 radical (unpaired) electrons. The summed E-state index contributed by atoms with van der Waals surface area (Å²) in [7, 11) is 3.15. The maximum absolute atomic E-state index is 11.3. The summed E-state index contributed by atoms with van der Waals surface area (Å²) in [5, 5.41) is 14.1. The van der Waals surface area contributed by atoms with Crippen molar-refractivity contribution in [2.24, 2.45) is 0 Å². The first-order valence-corrected chi connectivity index (χ1v) is 8.16. The second kappa shape index (κ2) is 8.13. The number of ketones is 1. The van der Waals surface area contributed by atoms with Crippen LogP contribution >= 0.6 is 0 Å². The molecular formula is C19H19N5O3. The van der Waals surface area contributed by atoms with Gasteiger partial charge in [0.2, 0.25) is 5.95 Å². The summed E-state index contributed by atoms with van der Waals surface area (Å²) in [6.07, 6.45) is 1.51. The SMILES string of the molecule is COc1ccc(Nc2nncc(Nc3ccc(C(C)=O)cc3)n2)cc1OC. The summed E-state index contributed by atoms with van der Waals surface area (Å²) < 4.78 is 10.5. The fourth-order valence-electron chi connectivity index (χ4n) is 2.40. The standard InChI is InChI=1S/C19H19N5O3/c1-12(25)13-4-6-14(7-5-13)21-18-11-20-24-19(23-18)22-15-8-9-16(26-2)17(10-15)27-3/h4-11H,1-3H3,(H2,21,22,23,24). The van der Waals surface area contributed by atoms with Crippen molar-refractivity contribution in [3.05, 3.63) is 54.2 Å². The molecule has 0 spiro atoms. The number of methoxy groups -OCH3 is 2. The van der Waals surface area contributed by atoms with E-state index >= 15 is 0 Å². The third-order valence-corrected chi connectivity index (χ3v) is 3.76. The highest BCUT2D eigenvalue weighted by atomic mass is 16.5. The van der Waals surface area contributed by atoms with Crippen LogP contribution in [-0.2, 0) is 0 Å². The second-order valence-electron chi connectivity index (χ2n) is 5.62. The van der Waals surface area contributed by atoms with Gasteiger partial charge in [0.25, 0.3) is 0 Å². The Morgan fingerprint density at radius 2 is 1.63 bits per heavy atom. The van der Waals surface area contributed by atoms with Crippen LogP contribution in [0.15, 0.2) is 48.7 Å². The quantitative estimate of drug-likeness (QED) is 0.613. The average Bonchev–Trinajstić information content (AvgIpc) is 2.68. The Hall–Kier alpha value is -3.68.